The zero-order chi connectivity index (χ0) is 25.3. The van der Waals surface area contributed by atoms with Crippen molar-refractivity contribution in [2.45, 2.75) is 40.2 Å². The van der Waals surface area contributed by atoms with Crippen molar-refractivity contribution in [2.75, 3.05) is 31.5 Å². The molecular formula is C26H33N9O. The molecule has 4 aromatic rings. The maximum Gasteiger partial charge on any atom is 0.291 e. The Labute approximate surface area is 210 Å². The first-order valence-electron chi connectivity index (χ1n) is 12.6. The van der Waals surface area contributed by atoms with Crippen LogP contribution in [-0.2, 0) is 6.54 Å². The zero-order valence-electron chi connectivity index (χ0n) is 21.3. The van der Waals surface area contributed by atoms with Crippen molar-refractivity contribution in [3.05, 3.63) is 65.9 Å². The van der Waals surface area contributed by atoms with Gasteiger partial charge in [-0.1, -0.05) is 45.9 Å². The Balaban J connectivity index is 0.00000130. The van der Waals surface area contributed by atoms with Crippen molar-refractivity contribution < 1.29 is 4.79 Å². The molecule has 0 aliphatic carbocycles. The second-order valence-corrected chi connectivity index (χ2v) is 9.56. The van der Waals surface area contributed by atoms with Crippen LogP contribution in [0.2, 0.25) is 0 Å². The van der Waals surface area contributed by atoms with Gasteiger partial charge in [0, 0.05) is 56.1 Å². The highest BCUT2D eigenvalue weighted by molar-refractivity contribution is 5.92. The Morgan fingerprint density at radius 1 is 1.11 bits per heavy atom. The molecule has 188 valence electrons. The van der Waals surface area contributed by atoms with Gasteiger partial charge in [-0.2, -0.15) is 19.7 Å². The molecule has 3 aromatic heterocycles. The normalized spacial score (nSPS) is 15.9. The third kappa shape index (κ3) is 4.21. The van der Waals surface area contributed by atoms with Crippen LogP contribution in [0.1, 0.15) is 55.4 Å². The highest BCUT2D eigenvalue weighted by Gasteiger charge is 2.49. The summed E-state index contributed by atoms with van der Waals surface area (Å²) in [5.41, 5.74) is 3.92. The van der Waals surface area contributed by atoms with E-state index in [0.717, 1.165) is 43.0 Å². The van der Waals surface area contributed by atoms with Gasteiger partial charge >= 0.3 is 0 Å². The Hall–Kier alpha value is -3.79. The van der Waals surface area contributed by atoms with Gasteiger partial charge in [0.15, 0.2) is 5.65 Å². The van der Waals surface area contributed by atoms with Crippen LogP contribution in [0.5, 0.6) is 0 Å². The van der Waals surface area contributed by atoms with Gasteiger partial charge in [-0.15, -0.1) is 0 Å². The lowest BCUT2D eigenvalue weighted by Crippen LogP contribution is -2.72. The molecule has 5 heterocycles. The number of benzene rings is 1. The quantitative estimate of drug-likeness (QED) is 0.430. The Bertz CT molecular complexity index is 1350. The van der Waals surface area contributed by atoms with E-state index in [1.165, 1.54) is 0 Å². The first-order chi connectivity index (χ1) is 17.5. The lowest BCUT2D eigenvalue weighted by atomic mass is 9.74. The van der Waals surface area contributed by atoms with E-state index in [2.05, 4.69) is 44.6 Å². The second-order valence-electron chi connectivity index (χ2n) is 9.56. The van der Waals surface area contributed by atoms with Crippen LogP contribution < -0.4 is 10.6 Å². The number of nitrogens with one attached hydrogen (secondary N) is 2. The van der Waals surface area contributed by atoms with Gasteiger partial charge in [-0.05, 0) is 23.6 Å². The van der Waals surface area contributed by atoms with Gasteiger partial charge in [0.1, 0.15) is 0 Å². The number of hydrogen-bond acceptors (Lipinski definition) is 7. The number of aromatic nitrogens is 6. The Kier molecular flexibility index (Phi) is 6.44. The van der Waals surface area contributed by atoms with Crippen molar-refractivity contribution in [3.8, 4) is 5.69 Å². The van der Waals surface area contributed by atoms with E-state index >= 15 is 0 Å². The SMILES string of the molecule is CC.CC(C)c1cnn2c(NCc3ccccc3-n3cccn3)nc(C(=O)N3CC4(CNC4)C3)nc12. The van der Waals surface area contributed by atoms with Gasteiger partial charge in [0.05, 0.1) is 11.9 Å². The molecule has 6 rings (SSSR count). The molecule has 1 aromatic carbocycles. The zero-order valence-corrected chi connectivity index (χ0v) is 21.3. The summed E-state index contributed by atoms with van der Waals surface area (Å²) >= 11 is 0. The fraction of sp³-hybridized carbons (Fsp3) is 0.423. The average Bonchev–Trinajstić information content (AvgIpc) is 3.52. The van der Waals surface area contributed by atoms with E-state index in [-0.39, 0.29) is 23.1 Å². The number of nitrogens with zero attached hydrogens (tertiary/aromatic N) is 7. The minimum Gasteiger partial charge on any atom is -0.350 e. The number of rotatable bonds is 6. The third-order valence-electron chi connectivity index (χ3n) is 6.73. The van der Waals surface area contributed by atoms with Gasteiger partial charge in [0.2, 0.25) is 11.8 Å². The maximum atomic E-state index is 13.2. The minimum absolute atomic E-state index is 0.129. The number of anilines is 1. The molecule has 2 aliphatic heterocycles. The van der Waals surface area contributed by atoms with Gasteiger partial charge in [-0.3, -0.25) is 4.79 Å². The molecule has 0 unspecified atom stereocenters. The lowest BCUT2D eigenvalue weighted by Gasteiger charge is -2.55. The summed E-state index contributed by atoms with van der Waals surface area (Å²) in [6.07, 6.45) is 5.48. The predicted molar refractivity (Wildman–Crippen MR) is 138 cm³/mol. The first kappa shape index (κ1) is 23.9. The van der Waals surface area contributed by atoms with E-state index < -0.39 is 0 Å². The number of para-hydroxylation sites is 1. The number of carbonyl (C=O) groups is 1. The molecule has 2 fully saturated rings. The van der Waals surface area contributed by atoms with E-state index in [1.807, 2.05) is 66.2 Å². The van der Waals surface area contributed by atoms with Crippen molar-refractivity contribution in [2.24, 2.45) is 5.41 Å². The van der Waals surface area contributed by atoms with Crippen molar-refractivity contribution in [3.63, 3.8) is 0 Å². The van der Waals surface area contributed by atoms with Crippen LogP contribution in [0.3, 0.4) is 0 Å². The summed E-state index contributed by atoms with van der Waals surface area (Å²) in [5.74, 6) is 0.795. The van der Waals surface area contributed by atoms with E-state index in [0.29, 0.717) is 18.1 Å². The molecule has 2 aliphatic rings. The average molecular weight is 488 g/mol. The second kappa shape index (κ2) is 9.69. The highest BCUT2D eigenvalue weighted by atomic mass is 16.2. The monoisotopic (exact) mass is 487 g/mol. The molecular weight excluding hydrogens is 454 g/mol. The lowest BCUT2D eigenvalue weighted by molar-refractivity contribution is -0.0255. The molecule has 1 amide bonds. The molecule has 2 saturated heterocycles. The van der Waals surface area contributed by atoms with E-state index in [1.54, 1.807) is 10.7 Å². The largest absolute Gasteiger partial charge is 0.350 e. The summed E-state index contributed by atoms with van der Waals surface area (Å²) in [6.45, 7) is 12.1. The standard InChI is InChI=1S/C24H27N9O.C2H6/c1-16(2)18-11-28-33-21(18)29-20(22(34)31-14-24(15-31)12-25-13-24)30-23(33)26-10-17-6-3-4-7-19(17)32-9-5-8-27-32;1-2/h3-9,11,16,25H,10,12-15H2,1-2H3,(H,26,29,30);1-2H3. The summed E-state index contributed by atoms with van der Waals surface area (Å²) in [6, 6.07) is 9.94. The van der Waals surface area contributed by atoms with Crippen LogP contribution in [0, 0.1) is 5.41 Å². The Morgan fingerprint density at radius 3 is 2.56 bits per heavy atom. The van der Waals surface area contributed by atoms with Crippen molar-refractivity contribution >= 4 is 17.5 Å². The molecule has 0 bridgehead atoms. The molecule has 2 N–H and O–H groups in total. The predicted octanol–water partition coefficient (Wildman–Crippen LogP) is 3.12. The number of hydrogen-bond donors (Lipinski definition) is 2. The number of fused-ring (bicyclic) bond motifs is 1. The van der Waals surface area contributed by atoms with Crippen molar-refractivity contribution in [1.82, 2.24) is 39.6 Å². The number of likely N-dealkylation sites (tertiary alicyclic amines) is 1. The molecule has 0 saturated carbocycles. The fourth-order valence-corrected chi connectivity index (χ4v) is 4.73. The third-order valence-corrected chi connectivity index (χ3v) is 6.73. The molecule has 36 heavy (non-hydrogen) atoms. The Morgan fingerprint density at radius 2 is 1.89 bits per heavy atom. The maximum absolute atomic E-state index is 13.2. The van der Waals surface area contributed by atoms with Crippen LogP contribution in [0.15, 0.2) is 48.9 Å². The van der Waals surface area contributed by atoms with Gasteiger partial charge in [0.25, 0.3) is 5.91 Å². The van der Waals surface area contributed by atoms with Crippen LogP contribution in [0.4, 0.5) is 5.95 Å². The summed E-state index contributed by atoms with van der Waals surface area (Å²) in [7, 11) is 0. The van der Waals surface area contributed by atoms with Gasteiger partial charge in [-0.25, -0.2) is 9.67 Å². The smallest absolute Gasteiger partial charge is 0.291 e. The molecule has 10 nitrogen and oxygen atoms in total. The summed E-state index contributed by atoms with van der Waals surface area (Å²) < 4.78 is 3.53. The first-order valence-corrected chi connectivity index (χ1v) is 12.6. The van der Waals surface area contributed by atoms with Crippen LogP contribution in [0.25, 0.3) is 11.3 Å². The number of amides is 1. The van der Waals surface area contributed by atoms with E-state index in [9.17, 15) is 4.79 Å². The molecule has 10 heteroatoms. The fourth-order valence-electron chi connectivity index (χ4n) is 4.73. The molecule has 1 spiro atoms. The van der Waals surface area contributed by atoms with Crippen LogP contribution >= 0.6 is 0 Å². The van der Waals surface area contributed by atoms with E-state index in [4.69, 9.17) is 0 Å². The topological polar surface area (TPSA) is 105 Å². The summed E-state index contributed by atoms with van der Waals surface area (Å²) in [4.78, 5) is 24.4. The minimum atomic E-state index is -0.129. The molecule has 0 radical (unpaired) electrons. The highest BCUT2D eigenvalue weighted by Crippen LogP contribution is 2.34. The van der Waals surface area contributed by atoms with Crippen molar-refractivity contribution in [1.29, 1.82) is 0 Å². The number of carbonyl (C=O) groups excluding carboxylic acids is 1. The van der Waals surface area contributed by atoms with Gasteiger partial charge < -0.3 is 15.5 Å². The molecule has 0 atom stereocenters. The summed E-state index contributed by atoms with van der Waals surface area (Å²) in [5, 5.41) is 15.6. The van der Waals surface area contributed by atoms with Crippen LogP contribution in [-0.4, -0.2) is 66.3 Å².